The van der Waals surface area contributed by atoms with Gasteiger partial charge in [0.15, 0.2) is 0 Å². The number of nitrogens with one attached hydrogen (secondary N) is 1. The zero-order valence-electron chi connectivity index (χ0n) is 9.01. The second-order valence-electron chi connectivity index (χ2n) is 3.67. The second-order valence-corrected chi connectivity index (χ2v) is 3.67. The molecular formula is C12H10F3NO. The van der Waals surface area contributed by atoms with Crippen LogP contribution >= 0.6 is 0 Å². The number of hydrogen-bond donors (Lipinski definition) is 1. The number of benzene rings is 1. The summed E-state index contributed by atoms with van der Waals surface area (Å²) in [5.74, 6) is -0.220. The number of H-pyrrole nitrogens is 1. The fourth-order valence-electron chi connectivity index (χ4n) is 1.53. The van der Waals surface area contributed by atoms with Crippen LogP contribution in [-0.4, -0.2) is 11.3 Å². The van der Waals surface area contributed by atoms with Crippen molar-refractivity contribution in [3.05, 3.63) is 42.1 Å². The maximum Gasteiger partial charge on any atom is 0.573 e. The Balaban J connectivity index is 2.29. The molecule has 0 aliphatic carbocycles. The van der Waals surface area contributed by atoms with Crippen molar-refractivity contribution in [3.8, 4) is 17.0 Å². The molecule has 90 valence electrons. The van der Waals surface area contributed by atoms with Gasteiger partial charge in [-0.2, -0.15) is 0 Å². The van der Waals surface area contributed by atoms with Crippen LogP contribution in [0.5, 0.6) is 5.75 Å². The van der Waals surface area contributed by atoms with E-state index < -0.39 is 6.36 Å². The number of ether oxygens (including phenoxy) is 1. The molecule has 0 saturated carbocycles. The molecule has 17 heavy (non-hydrogen) atoms. The predicted octanol–water partition coefficient (Wildman–Crippen LogP) is 3.89. The van der Waals surface area contributed by atoms with Crippen molar-refractivity contribution in [1.29, 1.82) is 0 Å². The lowest BCUT2D eigenvalue weighted by Gasteiger charge is -2.09. The highest BCUT2D eigenvalue weighted by atomic mass is 19.4. The normalized spacial score (nSPS) is 11.5. The summed E-state index contributed by atoms with van der Waals surface area (Å²) in [6.45, 7) is 1.90. The minimum atomic E-state index is -4.66. The Hall–Kier alpha value is -1.91. The maximum absolute atomic E-state index is 12.0. The van der Waals surface area contributed by atoms with Crippen LogP contribution in [-0.2, 0) is 0 Å². The molecule has 2 aromatic rings. The van der Waals surface area contributed by atoms with E-state index in [1.807, 2.05) is 13.0 Å². The van der Waals surface area contributed by atoms with Crippen molar-refractivity contribution in [3.63, 3.8) is 0 Å². The molecule has 0 spiro atoms. The van der Waals surface area contributed by atoms with Crippen LogP contribution in [0.2, 0.25) is 0 Å². The molecule has 1 N–H and O–H groups in total. The summed E-state index contributed by atoms with van der Waals surface area (Å²) >= 11 is 0. The fraction of sp³-hybridized carbons (Fsp3) is 0.167. The van der Waals surface area contributed by atoms with E-state index >= 15 is 0 Å². The molecule has 0 fully saturated rings. The molecule has 2 nitrogen and oxygen atoms in total. The number of aromatic amines is 1. The van der Waals surface area contributed by atoms with E-state index in [1.54, 1.807) is 12.3 Å². The molecule has 1 aromatic heterocycles. The van der Waals surface area contributed by atoms with Gasteiger partial charge >= 0.3 is 6.36 Å². The average Bonchev–Trinajstić information content (AvgIpc) is 2.63. The molecule has 0 saturated heterocycles. The Kier molecular flexibility index (Phi) is 2.83. The molecule has 0 atom stereocenters. The van der Waals surface area contributed by atoms with Crippen LogP contribution in [0.1, 0.15) is 5.56 Å². The third-order valence-corrected chi connectivity index (χ3v) is 2.21. The van der Waals surface area contributed by atoms with E-state index in [1.165, 1.54) is 18.2 Å². The van der Waals surface area contributed by atoms with Crippen LogP contribution in [0.4, 0.5) is 13.2 Å². The molecule has 5 heteroatoms. The van der Waals surface area contributed by atoms with Gasteiger partial charge in [0.1, 0.15) is 5.75 Å². The molecule has 1 aromatic carbocycles. The highest BCUT2D eigenvalue weighted by Gasteiger charge is 2.31. The van der Waals surface area contributed by atoms with E-state index in [4.69, 9.17) is 0 Å². The zero-order chi connectivity index (χ0) is 12.5. The van der Waals surface area contributed by atoms with Crippen molar-refractivity contribution in [2.75, 3.05) is 0 Å². The van der Waals surface area contributed by atoms with Crippen LogP contribution in [0.15, 0.2) is 36.5 Å². The highest BCUT2D eigenvalue weighted by Crippen LogP contribution is 2.27. The lowest BCUT2D eigenvalue weighted by molar-refractivity contribution is -0.274. The molecule has 0 aliphatic heterocycles. The summed E-state index contributed by atoms with van der Waals surface area (Å²) in [6, 6.07) is 7.71. The van der Waals surface area contributed by atoms with Crippen molar-refractivity contribution >= 4 is 0 Å². The molecule has 0 aliphatic rings. The summed E-state index contributed by atoms with van der Waals surface area (Å²) in [5.41, 5.74) is 2.43. The van der Waals surface area contributed by atoms with Crippen LogP contribution in [0, 0.1) is 6.92 Å². The maximum atomic E-state index is 12.0. The molecular weight excluding hydrogens is 231 g/mol. The Morgan fingerprint density at radius 2 is 1.94 bits per heavy atom. The first-order valence-corrected chi connectivity index (χ1v) is 4.95. The number of aromatic nitrogens is 1. The van der Waals surface area contributed by atoms with Crippen LogP contribution in [0.25, 0.3) is 11.3 Å². The Bertz CT molecular complexity index is 516. The van der Waals surface area contributed by atoms with Gasteiger partial charge < -0.3 is 9.72 Å². The van der Waals surface area contributed by atoms with E-state index in [0.717, 1.165) is 11.3 Å². The zero-order valence-corrected chi connectivity index (χ0v) is 9.01. The van der Waals surface area contributed by atoms with Crippen molar-refractivity contribution < 1.29 is 17.9 Å². The molecule has 0 bridgehead atoms. The van der Waals surface area contributed by atoms with Gasteiger partial charge in [0.25, 0.3) is 0 Å². The van der Waals surface area contributed by atoms with Gasteiger partial charge in [-0.15, -0.1) is 13.2 Å². The first-order valence-electron chi connectivity index (χ1n) is 4.95. The third-order valence-electron chi connectivity index (χ3n) is 2.21. The molecule has 0 unspecified atom stereocenters. The van der Waals surface area contributed by atoms with Crippen molar-refractivity contribution in [2.45, 2.75) is 13.3 Å². The van der Waals surface area contributed by atoms with Gasteiger partial charge in [-0.3, -0.25) is 0 Å². The molecule has 2 rings (SSSR count). The SMILES string of the molecule is Cc1c[nH]c(-c2cccc(OC(F)(F)F)c2)c1. The van der Waals surface area contributed by atoms with Gasteiger partial charge in [-0.1, -0.05) is 12.1 Å². The lowest BCUT2D eigenvalue weighted by Crippen LogP contribution is -2.17. The summed E-state index contributed by atoms with van der Waals surface area (Å²) in [5, 5.41) is 0. The number of aryl methyl sites for hydroxylation is 1. The van der Waals surface area contributed by atoms with Gasteiger partial charge in [0, 0.05) is 17.5 Å². The summed E-state index contributed by atoms with van der Waals surface area (Å²) in [4.78, 5) is 2.97. The topological polar surface area (TPSA) is 25.0 Å². The molecule has 1 heterocycles. The van der Waals surface area contributed by atoms with E-state index in [0.29, 0.717) is 5.56 Å². The number of halogens is 3. The standard InChI is InChI=1S/C12H10F3NO/c1-8-5-11(16-7-8)9-3-2-4-10(6-9)17-12(13,14)15/h2-7,16H,1H3. The summed E-state index contributed by atoms with van der Waals surface area (Å²) in [7, 11) is 0. The minimum absolute atomic E-state index is 0.220. The molecule has 0 amide bonds. The summed E-state index contributed by atoms with van der Waals surface area (Å²) < 4.78 is 40.0. The smallest absolute Gasteiger partial charge is 0.406 e. The van der Waals surface area contributed by atoms with Crippen LogP contribution < -0.4 is 4.74 Å². The molecule has 0 radical (unpaired) electrons. The van der Waals surface area contributed by atoms with Crippen molar-refractivity contribution in [2.24, 2.45) is 0 Å². The van der Waals surface area contributed by atoms with Crippen molar-refractivity contribution in [1.82, 2.24) is 4.98 Å². The second kappa shape index (κ2) is 4.16. The van der Waals surface area contributed by atoms with Gasteiger partial charge in [-0.25, -0.2) is 0 Å². The number of rotatable bonds is 2. The van der Waals surface area contributed by atoms with E-state index in [-0.39, 0.29) is 5.75 Å². The Labute approximate surface area is 96.0 Å². The number of hydrogen-bond acceptors (Lipinski definition) is 1. The quantitative estimate of drug-likeness (QED) is 0.847. The Morgan fingerprint density at radius 3 is 2.53 bits per heavy atom. The predicted molar refractivity (Wildman–Crippen MR) is 57.6 cm³/mol. The van der Waals surface area contributed by atoms with E-state index in [9.17, 15) is 13.2 Å². The highest BCUT2D eigenvalue weighted by molar-refractivity contribution is 5.62. The first-order chi connectivity index (χ1) is 7.94. The van der Waals surface area contributed by atoms with Gasteiger partial charge in [-0.05, 0) is 30.7 Å². The average molecular weight is 241 g/mol. The summed E-state index contributed by atoms with van der Waals surface area (Å²) in [6.07, 6.45) is -2.88. The van der Waals surface area contributed by atoms with Gasteiger partial charge in [0.05, 0.1) is 0 Å². The largest absolute Gasteiger partial charge is 0.573 e. The van der Waals surface area contributed by atoms with E-state index in [2.05, 4.69) is 9.72 Å². The monoisotopic (exact) mass is 241 g/mol. The first kappa shape index (κ1) is 11.6. The third kappa shape index (κ3) is 3.03. The lowest BCUT2D eigenvalue weighted by atomic mass is 10.1. The van der Waals surface area contributed by atoms with Crippen LogP contribution in [0.3, 0.4) is 0 Å². The minimum Gasteiger partial charge on any atom is -0.406 e. The Morgan fingerprint density at radius 1 is 1.18 bits per heavy atom. The van der Waals surface area contributed by atoms with Gasteiger partial charge in [0.2, 0.25) is 0 Å². The fourth-order valence-corrected chi connectivity index (χ4v) is 1.53. The number of alkyl halides is 3.